The number of aromatic nitrogens is 1. The number of hydrogen-bond acceptors (Lipinski definition) is 6. The van der Waals surface area contributed by atoms with Crippen LogP contribution in [0, 0.1) is 0 Å². The van der Waals surface area contributed by atoms with Gasteiger partial charge in [0.2, 0.25) is 10.0 Å². The number of nitrogen functional groups attached to an aromatic ring is 1. The molecule has 5 aromatic rings. The second kappa shape index (κ2) is 11.4. The molecule has 2 unspecified atom stereocenters. The number of pyridine rings is 1. The van der Waals surface area contributed by atoms with E-state index in [1.54, 1.807) is 50.1 Å². The van der Waals surface area contributed by atoms with E-state index in [-0.39, 0.29) is 17.4 Å². The number of carbonyl (C=O) groups excluding carboxylic acids is 1. The predicted octanol–water partition coefficient (Wildman–Crippen LogP) is 6.26. The standard InChI is InChI=1S/C35H34N4O4S/c1-35(2,3)38-44(41,42)27-13-9-12-25(20-27)32-28-14-7-8-15-29(28)34(40)39(32)31(24-10-5-4-6-11-24)22-43-26-17-16-23-18-19-37-33(36)30(23)21-26/h4-21,31-32,38H,22H2,1-3H3,(H2,36,37). The summed E-state index contributed by atoms with van der Waals surface area (Å²) in [6, 6.07) is 30.5. The van der Waals surface area contributed by atoms with Crippen LogP contribution < -0.4 is 15.2 Å². The minimum absolute atomic E-state index is 0.136. The van der Waals surface area contributed by atoms with Crippen molar-refractivity contribution in [1.29, 1.82) is 0 Å². The van der Waals surface area contributed by atoms with Crippen LogP contribution in [0.3, 0.4) is 0 Å². The number of nitrogens with two attached hydrogens (primary N) is 1. The second-order valence-corrected chi connectivity index (χ2v) is 13.6. The third-order valence-corrected chi connectivity index (χ3v) is 9.38. The van der Waals surface area contributed by atoms with Gasteiger partial charge in [-0.1, -0.05) is 66.7 Å². The number of ether oxygens (including phenoxy) is 1. The summed E-state index contributed by atoms with van der Waals surface area (Å²) in [6.45, 7) is 5.54. The summed E-state index contributed by atoms with van der Waals surface area (Å²) in [5.41, 5.74) is 8.43. The number of amides is 1. The van der Waals surface area contributed by atoms with Gasteiger partial charge in [-0.15, -0.1) is 0 Å². The van der Waals surface area contributed by atoms with Gasteiger partial charge in [0.15, 0.2) is 0 Å². The summed E-state index contributed by atoms with van der Waals surface area (Å²) in [5, 5.41) is 1.73. The van der Waals surface area contributed by atoms with Crippen molar-refractivity contribution in [2.24, 2.45) is 0 Å². The Morgan fingerprint density at radius 2 is 1.68 bits per heavy atom. The summed E-state index contributed by atoms with van der Waals surface area (Å²) >= 11 is 0. The fourth-order valence-electron chi connectivity index (χ4n) is 5.76. The third-order valence-electron chi connectivity index (χ3n) is 7.62. The van der Waals surface area contributed by atoms with Crippen LogP contribution in [0.25, 0.3) is 10.8 Å². The van der Waals surface area contributed by atoms with Crippen molar-refractivity contribution < 1.29 is 17.9 Å². The molecule has 0 spiro atoms. The van der Waals surface area contributed by atoms with Crippen molar-refractivity contribution in [1.82, 2.24) is 14.6 Å². The number of carbonyl (C=O) groups is 1. The Hall–Kier alpha value is -4.73. The van der Waals surface area contributed by atoms with E-state index in [1.807, 2.05) is 84.9 Å². The highest BCUT2D eigenvalue weighted by Crippen LogP contribution is 2.44. The summed E-state index contributed by atoms with van der Waals surface area (Å²) in [4.78, 5) is 20.3. The molecule has 1 amide bonds. The number of hydrogen-bond donors (Lipinski definition) is 2. The van der Waals surface area contributed by atoms with Crippen LogP contribution in [-0.2, 0) is 10.0 Å². The Kier molecular flexibility index (Phi) is 7.61. The lowest BCUT2D eigenvalue weighted by Crippen LogP contribution is -2.40. The zero-order valence-corrected chi connectivity index (χ0v) is 25.6. The highest BCUT2D eigenvalue weighted by molar-refractivity contribution is 7.89. The van der Waals surface area contributed by atoms with Crippen LogP contribution in [-0.4, -0.2) is 36.4 Å². The third kappa shape index (κ3) is 5.76. The van der Waals surface area contributed by atoms with Gasteiger partial charge in [-0.25, -0.2) is 18.1 Å². The average Bonchev–Trinajstić information content (AvgIpc) is 3.29. The Morgan fingerprint density at radius 3 is 2.45 bits per heavy atom. The molecule has 9 heteroatoms. The molecule has 0 saturated carbocycles. The summed E-state index contributed by atoms with van der Waals surface area (Å²) in [7, 11) is -3.81. The molecular formula is C35H34N4O4S. The van der Waals surface area contributed by atoms with Crippen molar-refractivity contribution >= 4 is 32.5 Å². The molecule has 0 saturated heterocycles. The monoisotopic (exact) mass is 606 g/mol. The number of fused-ring (bicyclic) bond motifs is 2. The van der Waals surface area contributed by atoms with E-state index < -0.39 is 27.6 Å². The zero-order valence-electron chi connectivity index (χ0n) is 24.8. The second-order valence-electron chi connectivity index (χ2n) is 11.9. The maximum atomic E-state index is 14.2. The molecule has 3 N–H and O–H groups in total. The molecule has 1 aliphatic rings. The zero-order chi connectivity index (χ0) is 31.1. The largest absolute Gasteiger partial charge is 0.491 e. The van der Waals surface area contributed by atoms with E-state index >= 15 is 0 Å². The first kappa shape index (κ1) is 29.3. The minimum atomic E-state index is -3.81. The lowest BCUT2D eigenvalue weighted by molar-refractivity contribution is 0.0584. The molecule has 1 aliphatic heterocycles. The number of nitrogens with zero attached hydrogens (tertiary/aromatic N) is 2. The maximum Gasteiger partial charge on any atom is 0.255 e. The van der Waals surface area contributed by atoms with E-state index in [4.69, 9.17) is 10.5 Å². The van der Waals surface area contributed by atoms with E-state index in [0.29, 0.717) is 22.7 Å². The molecule has 1 aromatic heterocycles. The lowest BCUT2D eigenvalue weighted by Gasteiger charge is -2.34. The average molecular weight is 607 g/mol. The highest BCUT2D eigenvalue weighted by atomic mass is 32.2. The van der Waals surface area contributed by atoms with E-state index in [1.165, 1.54) is 0 Å². The highest BCUT2D eigenvalue weighted by Gasteiger charge is 2.42. The van der Waals surface area contributed by atoms with Crippen LogP contribution in [0.2, 0.25) is 0 Å². The quantitative estimate of drug-likeness (QED) is 0.216. The maximum absolute atomic E-state index is 14.2. The number of benzene rings is 4. The van der Waals surface area contributed by atoms with Crippen molar-refractivity contribution in [3.63, 3.8) is 0 Å². The van der Waals surface area contributed by atoms with Gasteiger partial charge < -0.3 is 15.4 Å². The molecule has 2 atom stereocenters. The fourth-order valence-corrected chi connectivity index (χ4v) is 7.23. The fraction of sp³-hybridized carbons (Fsp3) is 0.200. The Labute approximate surface area is 257 Å². The molecule has 44 heavy (non-hydrogen) atoms. The van der Waals surface area contributed by atoms with E-state index in [0.717, 1.165) is 21.9 Å². The van der Waals surface area contributed by atoms with E-state index in [2.05, 4.69) is 9.71 Å². The van der Waals surface area contributed by atoms with E-state index in [9.17, 15) is 13.2 Å². The minimum Gasteiger partial charge on any atom is -0.491 e. The molecule has 2 heterocycles. The van der Waals surface area contributed by atoms with Crippen LogP contribution in [0.5, 0.6) is 5.75 Å². The van der Waals surface area contributed by atoms with Gasteiger partial charge in [-0.2, -0.15) is 0 Å². The van der Waals surface area contributed by atoms with Crippen molar-refractivity contribution in [3.8, 4) is 5.75 Å². The number of rotatable bonds is 8. The molecule has 4 aromatic carbocycles. The molecule has 0 aliphatic carbocycles. The summed E-state index contributed by atoms with van der Waals surface area (Å²) < 4.78 is 35.7. The van der Waals surface area contributed by atoms with Crippen LogP contribution in [0.1, 0.15) is 59.9 Å². The number of sulfonamides is 1. The molecule has 224 valence electrons. The SMILES string of the molecule is CC(C)(C)NS(=O)(=O)c1cccc(C2c3ccccc3C(=O)N2C(COc2ccc3ccnc(N)c3c2)c2ccccc2)c1. The summed E-state index contributed by atoms with van der Waals surface area (Å²) in [5.74, 6) is 0.852. The summed E-state index contributed by atoms with van der Waals surface area (Å²) in [6.07, 6.45) is 1.67. The lowest BCUT2D eigenvalue weighted by atomic mass is 9.96. The molecule has 0 radical (unpaired) electrons. The normalized spacial score (nSPS) is 15.8. The Bertz CT molecular complexity index is 1960. The van der Waals surface area contributed by atoms with Crippen molar-refractivity contribution in [2.75, 3.05) is 12.3 Å². The molecular weight excluding hydrogens is 572 g/mol. The van der Waals surface area contributed by atoms with Gasteiger partial charge in [0.25, 0.3) is 5.91 Å². The van der Waals surface area contributed by atoms with Crippen LogP contribution >= 0.6 is 0 Å². The molecule has 0 fully saturated rings. The van der Waals surface area contributed by atoms with Crippen LogP contribution in [0.15, 0.2) is 114 Å². The van der Waals surface area contributed by atoms with Gasteiger partial charge in [-0.3, -0.25) is 4.79 Å². The topological polar surface area (TPSA) is 115 Å². The molecule has 0 bridgehead atoms. The van der Waals surface area contributed by atoms with Gasteiger partial charge in [0.05, 0.1) is 17.0 Å². The van der Waals surface area contributed by atoms with Gasteiger partial charge in [-0.05, 0) is 79.2 Å². The van der Waals surface area contributed by atoms with Crippen molar-refractivity contribution in [3.05, 3.63) is 132 Å². The first-order chi connectivity index (χ1) is 21.0. The van der Waals surface area contributed by atoms with Crippen molar-refractivity contribution in [2.45, 2.75) is 43.3 Å². The Morgan fingerprint density at radius 1 is 0.932 bits per heavy atom. The van der Waals surface area contributed by atoms with Crippen LogP contribution in [0.4, 0.5) is 5.82 Å². The molecule has 6 rings (SSSR count). The Balaban J connectivity index is 1.43. The van der Waals surface area contributed by atoms with Gasteiger partial charge in [0.1, 0.15) is 18.2 Å². The first-order valence-corrected chi connectivity index (χ1v) is 15.9. The van der Waals surface area contributed by atoms with Gasteiger partial charge in [0, 0.05) is 22.7 Å². The number of nitrogens with one attached hydrogen (secondary N) is 1. The number of anilines is 1. The smallest absolute Gasteiger partial charge is 0.255 e. The predicted molar refractivity (Wildman–Crippen MR) is 172 cm³/mol. The van der Waals surface area contributed by atoms with Gasteiger partial charge >= 0.3 is 0 Å². The molecule has 8 nitrogen and oxygen atoms in total. The first-order valence-electron chi connectivity index (χ1n) is 14.4.